The Labute approximate surface area is 387 Å². The van der Waals surface area contributed by atoms with E-state index in [9.17, 15) is 0 Å². The van der Waals surface area contributed by atoms with Crippen LogP contribution in [0.4, 0.5) is 0 Å². The second-order valence-electron chi connectivity index (χ2n) is 18.5. The average Bonchev–Trinajstić information content (AvgIpc) is 3.81. The molecule has 0 saturated carbocycles. The van der Waals surface area contributed by atoms with Crippen LogP contribution in [0.5, 0.6) is 0 Å². The molecule has 0 unspecified atom stereocenters. The van der Waals surface area contributed by atoms with Gasteiger partial charge in [0.05, 0.1) is 16.9 Å². The van der Waals surface area contributed by atoms with Crippen LogP contribution in [-0.2, 0) is 31.9 Å². The summed E-state index contributed by atoms with van der Waals surface area (Å²) < 4.78 is 6.35. The van der Waals surface area contributed by atoms with Gasteiger partial charge in [-0.15, -0.1) is 18.2 Å². The van der Waals surface area contributed by atoms with Crippen molar-refractivity contribution in [3.63, 3.8) is 0 Å². The molecule has 0 fully saturated rings. The number of hydrogen-bond donors (Lipinski definition) is 0. The number of aryl methyl sites for hydroxylation is 1. The van der Waals surface area contributed by atoms with Crippen molar-refractivity contribution >= 4 is 60.2 Å². The van der Waals surface area contributed by atoms with Crippen LogP contribution in [0.2, 0.25) is 17.3 Å². The third kappa shape index (κ3) is 9.29. The Morgan fingerprint density at radius 1 is 0.839 bits per heavy atom. The first-order chi connectivity index (χ1) is 29.2. The monoisotopic (exact) mass is 1070 g/mol. The molecule has 0 atom stereocenters. The van der Waals surface area contributed by atoms with E-state index < -0.39 is 13.3 Å². The summed E-state index contributed by atoms with van der Waals surface area (Å²) in [5, 5.41) is 11.4. The molecule has 3 aromatic heterocycles. The predicted molar refractivity (Wildman–Crippen MR) is 262 cm³/mol. The number of aromatic nitrogens is 3. The van der Waals surface area contributed by atoms with Crippen molar-refractivity contribution in [2.75, 3.05) is 0 Å². The van der Waals surface area contributed by atoms with Gasteiger partial charge in [-0.2, -0.15) is 11.3 Å². The summed E-state index contributed by atoms with van der Waals surface area (Å²) in [4.78, 5) is 9.91. The van der Waals surface area contributed by atoms with Crippen LogP contribution in [-0.4, -0.2) is 27.8 Å². The van der Waals surface area contributed by atoms with Gasteiger partial charge < -0.3 is 4.57 Å². The minimum Gasteiger partial charge on any atom is -0.333 e. The summed E-state index contributed by atoms with van der Waals surface area (Å²) in [7, 11) is 0. The van der Waals surface area contributed by atoms with Gasteiger partial charge in [-0.3, -0.25) is 4.98 Å². The molecule has 0 spiro atoms. The summed E-state index contributed by atoms with van der Waals surface area (Å²) in [6.07, 6.45) is 3.17. The van der Waals surface area contributed by atoms with E-state index in [1.165, 1.54) is 52.4 Å². The van der Waals surface area contributed by atoms with Crippen LogP contribution >= 0.6 is 11.3 Å². The fourth-order valence-electron chi connectivity index (χ4n) is 8.08. The van der Waals surface area contributed by atoms with E-state index >= 15 is 0 Å². The molecule has 4 nitrogen and oxygen atoms in total. The van der Waals surface area contributed by atoms with E-state index in [1.54, 1.807) is 6.07 Å². The Balaban J connectivity index is 0.000000215. The minimum absolute atomic E-state index is 0. The van der Waals surface area contributed by atoms with E-state index in [2.05, 4.69) is 196 Å². The van der Waals surface area contributed by atoms with E-state index in [1.807, 2.05) is 29.5 Å². The van der Waals surface area contributed by atoms with Crippen LogP contribution in [0.1, 0.15) is 56.9 Å². The fraction of sp³-hybridized carbons (Fsp3) is 0.218. The van der Waals surface area contributed by atoms with Crippen molar-refractivity contribution in [2.45, 2.75) is 70.6 Å². The standard InChI is InChI=1S/C36H29N2S.C19H23GeN2.Ir/c1-23-17-19-26-27-13-10-14-28(34(27)39-33(26)21-23)35-37-30-15-8-9-16-32(30)38(35)31-20-18-25(36(2,3)4)22-29(31)24-11-6-5-7-12-24;1-14(2)10-17-11-19(22-13-18(17)20(3,4)5)16-8-6-15(12-21)7-9-16;/h5-13,15-22H,1-4H3;6-8,11,13-14H,10H2,1-5H3;/q2*-1;. The zero-order valence-corrected chi connectivity index (χ0v) is 42.3. The van der Waals surface area contributed by atoms with E-state index in [4.69, 9.17) is 10.2 Å². The molecule has 0 aliphatic carbocycles. The second-order valence-corrected chi connectivity index (χ2v) is 30.1. The number of nitriles is 1. The summed E-state index contributed by atoms with van der Waals surface area (Å²) in [6, 6.07) is 53.6. The minimum atomic E-state index is -1.92. The first-order valence-electron chi connectivity index (χ1n) is 21.1. The molecule has 7 heteroatoms. The number of pyridine rings is 1. The molecular weight excluding hydrogens is 1010 g/mol. The second kappa shape index (κ2) is 18.3. The number of fused-ring (bicyclic) bond motifs is 4. The molecule has 313 valence electrons. The molecule has 0 N–H and O–H groups in total. The van der Waals surface area contributed by atoms with Crippen LogP contribution in [0.15, 0.2) is 134 Å². The maximum atomic E-state index is 8.89. The molecule has 62 heavy (non-hydrogen) atoms. The first kappa shape index (κ1) is 44.9. The van der Waals surface area contributed by atoms with Crippen LogP contribution < -0.4 is 4.40 Å². The van der Waals surface area contributed by atoms with Gasteiger partial charge in [0.2, 0.25) is 0 Å². The number of nitrogens with zero attached hydrogens (tertiary/aromatic N) is 4. The number of para-hydroxylation sites is 2. The zero-order valence-electron chi connectivity index (χ0n) is 37.0. The SMILES string of the molecule is CC(C)Cc1cc(-c2[c-]cc(C#N)cc2)nc[c]1[Ge]([CH3])([CH3])[CH3].Cc1ccc2c(c1)sc1c(-c3nc4ccccc4n3-c3ccc(C(C)(C)C)cc3-c3ccccc3)[c-]ccc12.[Ir]. The van der Waals surface area contributed by atoms with E-state index in [0.717, 1.165) is 45.8 Å². The molecule has 0 aliphatic rings. The van der Waals surface area contributed by atoms with Crippen LogP contribution in [0, 0.1) is 36.3 Å². The van der Waals surface area contributed by atoms with Crippen molar-refractivity contribution in [3.8, 4) is 45.5 Å². The van der Waals surface area contributed by atoms with Crippen LogP contribution in [0.3, 0.4) is 0 Å². The van der Waals surface area contributed by atoms with Gasteiger partial charge in [0.1, 0.15) is 0 Å². The number of benzene rings is 6. The largest absolute Gasteiger partial charge is 0.333 e. The van der Waals surface area contributed by atoms with Gasteiger partial charge in [-0.25, -0.2) is 0 Å². The Hall–Kier alpha value is -5.16. The average molecular weight is 1070 g/mol. The van der Waals surface area contributed by atoms with Gasteiger partial charge in [-0.05, 0) is 69.4 Å². The number of thiophene rings is 1. The van der Waals surface area contributed by atoms with E-state index in [-0.39, 0.29) is 25.5 Å². The van der Waals surface area contributed by atoms with Crippen LogP contribution in [0.25, 0.3) is 70.7 Å². The van der Waals surface area contributed by atoms with Crippen molar-refractivity contribution in [1.29, 1.82) is 5.26 Å². The molecule has 6 aromatic carbocycles. The molecule has 9 rings (SSSR count). The maximum absolute atomic E-state index is 8.89. The topological polar surface area (TPSA) is 54.5 Å². The molecule has 0 bridgehead atoms. The van der Waals surface area contributed by atoms with Gasteiger partial charge in [0, 0.05) is 36.1 Å². The normalized spacial score (nSPS) is 11.7. The molecule has 1 radical (unpaired) electrons. The van der Waals surface area contributed by atoms with Crippen molar-refractivity contribution in [1.82, 2.24) is 14.5 Å². The Bertz CT molecular complexity index is 3070. The van der Waals surface area contributed by atoms with Crippen molar-refractivity contribution < 1.29 is 20.1 Å². The smallest absolute Gasteiger partial charge is 0.0774 e. The summed E-state index contributed by atoms with van der Waals surface area (Å²) >= 11 is -0.0865. The molecule has 9 aromatic rings. The third-order valence-corrected chi connectivity index (χ3v) is 16.7. The van der Waals surface area contributed by atoms with Gasteiger partial charge >= 0.3 is 136 Å². The molecule has 3 heterocycles. The summed E-state index contributed by atoms with van der Waals surface area (Å²) in [5.74, 6) is 8.78. The number of rotatable bonds is 7. The predicted octanol–water partition coefficient (Wildman–Crippen LogP) is 14.3. The molecule has 0 saturated heterocycles. The maximum Gasteiger partial charge on any atom is 0.0774 e. The van der Waals surface area contributed by atoms with Gasteiger partial charge in [0.25, 0.3) is 0 Å². The Morgan fingerprint density at radius 3 is 2.29 bits per heavy atom. The quantitative estimate of drug-likeness (QED) is 0.118. The molecule has 0 aliphatic heterocycles. The van der Waals surface area contributed by atoms with E-state index in [0.29, 0.717) is 11.5 Å². The number of hydrogen-bond acceptors (Lipinski definition) is 4. The van der Waals surface area contributed by atoms with Gasteiger partial charge in [0.15, 0.2) is 0 Å². The molecular formula is C55H52GeIrN4S-2. The van der Waals surface area contributed by atoms with Crippen molar-refractivity contribution in [2.24, 2.45) is 5.92 Å². The fourth-order valence-corrected chi connectivity index (χ4v) is 12.7. The first-order valence-corrected chi connectivity index (χ1v) is 29.3. The molecule has 0 amide bonds. The zero-order chi connectivity index (χ0) is 43.1. The Kier molecular flexibility index (Phi) is 13.2. The van der Waals surface area contributed by atoms with Crippen molar-refractivity contribution in [3.05, 3.63) is 168 Å². The summed E-state index contributed by atoms with van der Waals surface area (Å²) in [5.41, 5.74) is 13.2. The summed E-state index contributed by atoms with van der Waals surface area (Å²) in [6.45, 7) is 13.5. The third-order valence-electron chi connectivity index (χ3n) is 11.2. The number of imidazole rings is 1. The van der Waals surface area contributed by atoms with Gasteiger partial charge in [-0.1, -0.05) is 92.4 Å². The Morgan fingerprint density at radius 2 is 1.60 bits per heavy atom.